The molecule has 1 aromatic carbocycles. The van der Waals surface area contributed by atoms with Crippen molar-refractivity contribution in [2.75, 3.05) is 20.3 Å². The molecule has 0 aromatic heterocycles. The van der Waals surface area contributed by atoms with E-state index >= 15 is 0 Å². The Morgan fingerprint density at radius 2 is 1.81 bits per heavy atom. The Kier molecular flexibility index (Phi) is 6.21. The molecule has 0 heterocycles. The predicted octanol–water partition coefficient (Wildman–Crippen LogP) is 1.83. The molecule has 0 aliphatic carbocycles. The maximum absolute atomic E-state index is 11.8. The van der Waals surface area contributed by atoms with E-state index in [0.717, 1.165) is 7.11 Å². The van der Waals surface area contributed by atoms with Gasteiger partial charge in [0.05, 0.1) is 26.4 Å². The van der Waals surface area contributed by atoms with Crippen LogP contribution in [0.25, 0.3) is 0 Å². The van der Waals surface area contributed by atoms with Gasteiger partial charge in [-0.15, -0.1) is 0 Å². The summed E-state index contributed by atoms with van der Waals surface area (Å²) in [6.07, 6.45) is 0. The topological polar surface area (TPSA) is 85.6 Å². The molecule has 0 N–H and O–H groups in total. The molecule has 112 valence electrons. The fraction of sp³-hybridized carbons (Fsp3) is 0.400. The average Bonchev–Trinajstić information content (AvgIpc) is 2.49. The molecule has 1 atom stereocenters. The molecule has 6 nitrogen and oxygen atoms in total. The quantitative estimate of drug-likeness (QED) is 0.563. The zero-order valence-corrected chi connectivity index (χ0v) is 12.2. The Hall–Kier alpha value is -2.55. The number of esters is 1. The van der Waals surface area contributed by atoms with Crippen molar-refractivity contribution in [3.05, 3.63) is 23.8 Å². The molecule has 0 bridgehead atoms. The number of methoxy groups -OCH3 is 1. The minimum atomic E-state index is -1.23. The molecule has 0 spiro atoms. The van der Waals surface area contributed by atoms with Crippen LogP contribution in [0.2, 0.25) is 0 Å². The molecule has 0 saturated heterocycles. The first-order valence-electron chi connectivity index (χ1n) is 6.50. The van der Waals surface area contributed by atoms with Crippen LogP contribution in [0, 0.1) is 11.3 Å². The Balaban J connectivity index is 3.17. The number of benzene rings is 1. The van der Waals surface area contributed by atoms with Gasteiger partial charge in [-0.1, -0.05) is 6.07 Å². The monoisotopic (exact) mass is 291 g/mol. The van der Waals surface area contributed by atoms with Crippen molar-refractivity contribution in [1.29, 1.82) is 5.26 Å². The molecule has 0 radical (unpaired) electrons. The van der Waals surface area contributed by atoms with E-state index in [1.807, 2.05) is 19.9 Å². The molecule has 0 fully saturated rings. The first kappa shape index (κ1) is 16.5. The maximum Gasteiger partial charge on any atom is 0.376 e. The third-order valence-electron chi connectivity index (χ3n) is 2.68. The van der Waals surface area contributed by atoms with Crippen LogP contribution in [0.3, 0.4) is 0 Å². The number of rotatable bonds is 7. The van der Waals surface area contributed by atoms with Crippen LogP contribution in [0.15, 0.2) is 18.2 Å². The minimum Gasteiger partial charge on any atom is -0.490 e. The average molecular weight is 291 g/mol. The summed E-state index contributed by atoms with van der Waals surface area (Å²) in [5.74, 6) is -2.24. The van der Waals surface area contributed by atoms with E-state index in [0.29, 0.717) is 30.3 Å². The number of nitrogens with zero attached hydrogens (tertiary/aromatic N) is 1. The Morgan fingerprint density at radius 1 is 1.19 bits per heavy atom. The summed E-state index contributed by atoms with van der Waals surface area (Å²) in [4.78, 5) is 23.1. The smallest absolute Gasteiger partial charge is 0.376 e. The Bertz CT molecular complexity index is 562. The van der Waals surface area contributed by atoms with Crippen molar-refractivity contribution in [1.82, 2.24) is 0 Å². The van der Waals surface area contributed by atoms with E-state index in [9.17, 15) is 9.59 Å². The highest BCUT2D eigenvalue weighted by atomic mass is 16.5. The van der Waals surface area contributed by atoms with Crippen molar-refractivity contribution in [3.63, 3.8) is 0 Å². The standard InChI is InChI=1S/C15H17NO5/c1-4-20-12-7-6-10(8-13(12)21-5-2)11(9-16)14(17)15(18)19-3/h6-8,11H,4-5H2,1-3H3/t11-/m1/s1. The van der Waals surface area contributed by atoms with E-state index < -0.39 is 17.7 Å². The van der Waals surface area contributed by atoms with Gasteiger partial charge in [-0.05, 0) is 31.5 Å². The lowest BCUT2D eigenvalue weighted by Gasteiger charge is -2.14. The number of Topliss-reactive ketones (excluding diaryl/α,β-unsaturated/α-hetero) is 1. The first-order chi connectivity index (χ1) is 10.1. The summed E-state index contributed by atoms with van der Waals surface area (Å²) < 4.78 is 15.2. The van der Waals surface area contributed by atoms with Crippen molar-refractivity contribution in [2.24, 2.45) is 0 Å². The van der Waals surface area contributed by atoms with Crippen molar-refractivity contribution in [3.8, 4) is 17.6 Å². The van der Waals surface area contributed by atoms with Crippen molar-refractivity contribution in [2.45, 2.75) is 19.8 Å². The third kappa shape index (κ3) is 3.96. The maximum atomic E-state index is 11.8. The lowest BCUT2D eigenvalue weighted by molar-refractivity contribution is -0.151. The van der Waals surface area contributed by atoms with Crippen molar-refractivity contribution < 1.29 is 23.8 Å². The highest BCUT2D eigenvalue weighted by molar-refractivity contribution is 6.36. The summed E-state index contributed by atoms with van der Waals surface area (Å²) in [6, 6.07) is 6.51. The summed E-state index contributed by atoms with van der Waals surface area (Å²) in [5, 5.41) is 9.14. The van der Waals surface area contributed by atoms with Crippen LogP contribution < -0.4 is 9.47 Å². The highest BCUT2D eigenvalue weighted by Crippen LogP contribution is 2.31. The van der Waals surface area contributed by atoms with Gasteiger partial charge in [-0.2, -0.15) is 5.26 Å². The van der Waals surface area contributed by atoms with E-state index in [4.69, 9.17) is 14.7 Å². The number of carbonyl (C=O) groups excluding carboxylic acids is 2. The molecule has 0 aliphatic heterocycles. The Morgan fingerprint density at radius 3 is 2.33 bits per heavy atom. The zero-order chi connectivity index (χ0) is 15.8. The second-order valence-corrected chi connectivity index (χ2v) is 3.99. The minimum absolute atomic E-state index is 0.361. The van der Waals surface area contributed by atoms with Crippen LogP contribution in [0.1, 0.15) is 25.3 Å². The molecule has 1 rings (SSSR count). The summed E-state index contributed by atoms with van der Waals surface area (Å²) in [7, 11) is 1.10. The number of ether oxygens (including phenoxy) is 3. The fourth-order valence-electron chi connectivity index (χ4n) is 1.75. The van der Waals surface area contributed by atoms with E-state index in [1.54, 1.807) is 12.1 Å². The lowest BCUT2D eigenvalue weighted by Crippen LogP contribution is -2.22. The van der Waals surface area contributed by atoms with Crippen LogP contribution in [-0.4, -0.2) is 32.1 Å². The molecule has 0 amide bonds. The predicted molar refractivity (Wildman–Crippen MR) is 74.2 cm³/mol. The van der Waals surface area contributed by atoms with Gasteiger partial charge in [0.1, 0.15) is 5.92 Å². The molecular weight excluding hydrogens is 274 g/mol. The number of ketones is 1. The third-order valence-corrected chi connectivity index (χ3v) is 2.68. The molecule has 6 heteroatoms. The second kappa shape index (κ2) is 7.90. The molecular formula is C15H17NO5. The SMILES string of the molecule is CCOc1ccc([C@@H](C#N)C(=O)C(=O)OC)cc1OCC. The van der Waals surface area contributed by atoms with Gasteiger partial charge >= 0.3 is 5.97 Å². The van der Waals surface area contributed by atoms with E-state index in [-0.39, 0.29) is 0 Å². The van der Waals surface area contributed by atoms with Gasteiger partial charge in [-0.3, -0.25) is 4.79 Å². The molecule has 0 aliphatic rings. The van der Waals surface area contributed by atoms with Crippen LogP contribution >= 0.6 is 0 Å². The van der Waals surface area contributed by atoms with Gasteiger partial charge in [0.25, 0.3) is 5.78 Å². The first-order valence-corrected chi connectivity index (χ1v) is 6.50. The largest absolute Gasteiger partial charge is 0.490 e. The van der Waals surface area contributed by atoms with E-state index in [1.165, 1.54) is 6.07 Å². The summed E-state index contributed by atoms with van der Waals surface area (Å²) in [6.45, 7) is 4.51. The molecule has 1 aromatic rings. The number of nitriles is 1. The number of hydrogen-bond acceptors (Lipinski definition) is 6. The zero-order valence-electron chi connectivity index (χ0n) is 12.2. The van der Waals surface area contributed by atoms with Crippen LogP contribution in [-0.2, 0) is 14.3 Å². The van der Waals surface area contributed by atoms with Gasteiger partial charge in [0.15, 0.2) is 11.5 Å². The molecule has 21 heavy (non-hydrogen) atoms. The number of hydrogen-bond donors (Lipinski definition) is 0. The van der Waals surface area contributed by atoms with Gasteiger partial charge < -0.3 is 14.2 Å². The summed E-state index contributed by atoms with van der Waals surface area (Å²) >= 11 is 0. The molecule has 0 unspecified atom stereocenters. The van der Waals surface area contributed by atoms with E-state index in [2.05, 4.69) is 4.74 Å². The van der Waals surface area contributed by atoms with Gasteiger partial charge in [-0.25, -0.2) is 4.79 Å². The fourth-order valence-corrected chi connectivity index (χ4v) is 1.75. The highest BCUT2D eigenvalue weighted by Gasteiger charge is 2.28. The normalized spacial score (nSPS) is 11.1. The summed E-state index contributed by atoms with van der Waals surface area (Å²) in [5.41, 5.74) is 0.361. The van der Waals surface area contributed by atoms with Gasteiger partial charge in [0.2, 0.25) is 0 Å². The van der Waals surface area contributed by atoms with Crippen LogP contribution in [0.4, 0.5) is 0 Å². The molecule has 0 saturated carbocycles. The van der Waals surface area contributed by atoms with Crippen molar-refractivity contribution >= 4 is 11.8 Å². The Labute approximate surface area is 123 Å². The van der Waals surface area contributed by atoms with Crippen LogP contribution in [0.5, 0.6) is 11.5 Å². The van der Waals surface area contributed by atoms with Gasteiger partial charge in [0, 0.05) is 0 Å². The number of carbonyl (C=O) groups is 2. The second-order valence-electron chi connectivity index (χ2n) is 3.99. The lowest BCUT2D eigenvalue weighted by atomic mass is 9.95.